The fourth-order valence-electron chi connectivity index (χ4n) is 6.62. The molecule has 41 heavy (non-hydrogen) atoms. The van der Waals surface area contributed by atoms with E-state index in [1.165, 1.54) is 26.1 Å². The number of Topliss-reactive ketones (excluding diaryl/α,β-unsaturated/α-hetero) is 2. The summed E-state index contributed by atoms with van der Waals surface area (Å²) in [6.45, 7) is 1.68. The minimum atomic E-state index is -2.95. The molecule has 2 aromatic carbocycles. The molecule has 0 spiro atoms. The number of phenolic OH excluding ortho intramolecular Hbond substituents is 1. The number of carbonyl (C=O) groups excluding carboxylic acids is 3. The fourth-order valence-corrected chi connectivity index (χ4v) is 6.62. The van der Waals surface area contributed by atoms with Gasteiger partial charge in [0.25, 0.3) is 5.91 Å². The summed E-state index contributed by atoms with van der Waals surface area (Å²) in [6.07, 6.45) is -1.64. The van der Waals surface area contributed by atoms with Crippen molar-refractivity contribution in [2.45, 2.75) is 38.0 Å². The number of ether oxygens (including phenoxy) is 1. The van der Waals surface area contributed by atoms with Crippen LogP contribution in [0.3, 0.4) is 0 Å². The molecule has 1 amide bonds. The number of rotatable bonds is 4. The fraction of sp³-hybridized carbons (Fsp3) is 0.367. The molecule has 7 N–H and O–H groups in total. The van der Waals surface area contributed by atoms with Gasteiger partial charge in [-0.15, -0.1) is 0 Å². The first-order valence-corrected chi connectivity index (χ1v) is 12.6. The van der Waals surface area contributed by atoms with Gasteiger partial charge in [0.15, 0.2) is 11.4 Å². The van der Waals surface area contributed by atoms with Crippen LogP contribution in [0.5, 0.6) is 11.5 Å². The van der Waals surface area contributed by atoms with E-state index < -0.39 is 75.6 Å². The summed E-state index contributed by atoms with van der Waals surface area (Å²) in [5.41, 5.74) is 2.30. The van der Waals surface area contributed by atoms with Crippen LogP contribution in [-0.4, -0.2) is 86.9 Å². The van der Waals surface area contributed by atoms with Crippen LogP contribution in [0.4, 0.5) is 0 Å². The predicted molar refractivity (Wildman–Crippen MR) is 149 cm³/mol. The van der Waals surface area contributed by atoms with Gasteiger partial charge in [0.1, 0.15) is 28.6 Å². The molecule has 0 bridgehead atoms. The summed E-state index contributed by atoms with van der Waals surface area (Å²) in [5.74, 6) is -8.59. The Morgan fingerprint density at radius 2 is 1.66 bits per heavy atom. The van der Waals surface area contributed by atoms with Crippen molar-refractivity contribution < 1.29 is 44.7 Å². The maximum absolute atomic E-state index is 14.1. The molecule has 6 atom stereocenters. The Morgan fingerprint density at radius 3 is 2.20 bits per heavy atom. The van der Waals surface area contributed by atoms with Gasteiger partial charge in [0, 0.05) is 17.1 Å². The number of nitrogens with zero attached hydrogens (tertiary/aromatic N) is 1. The van der Waals surface area contributed by atoms with Crippen molar-refractivity contribution in [1.29, 1.82) is 0 Å². The molecule has 3 aliphatic carbocycles. The largest absolute Gasteiger partial charge is 0.508 e. The minimum Gasteiger partial charge on any atom is -0.508 e. The third kappa shape index (κ3) is 3.87. The first-order chi connectivity index (χ1) is 18.8. The molecule has 2 aromatic rings. The van der Waals surface area contributed by atoms with Crippen molar-refractivity contribution in [2.24, 2.45) is 17.6 Å². The molecule has 1 fully saturated rings. The number of phenols is 1. The second kappa shape index (κ2) is 10.0. The summed E-state index contributed by atoms with van der Waals surface area (Å²) >= 11 is 0. The Bertz CT molecular complexity index is 1530. The van der Waals surface area contributed by atoms with E-state index in [9.17, 15) is 39.9 Å². The van der Waals surface area contributed by atoms with E-state index in [1.54, 1.807) is 43.3 Å². The van der Waals surface area contributed by atoms with Crippen LogP contribution in [0.1, 0.15) is 31.4 Å². The highest BCUT2D eigenvalue weighted by Gasteiger charge is 2.68. The zero-order valence-corrected chi connectivity index (χ0v) is 22.2. The molecular weight excluding hydrogens is 532 g/mol. The number of nitrogens with two attached hydrogens (primary N) is 1. The van der Waals surface area contributed by atoms with Gasteiger partial charge in [-0.25, -0.2) is 0 Å². The van der Waals surface area contributed by atoms with Crippen LogP contribution in [-0.2, 0) is 14.4 Å². The number of fused-ring (bicyclic) bond motifs is 3. The minimum absolute atomic E-state index is 0. The van der Waals surface area contributed by atoms with Crippen LogP contribution in [0, 0.1) is 11.8 Å². The monoisotopic (exact) mass is 566 g/mol. The quantitative estimate of drug-likeness (QED) is 0.298. The van der Waals surface area contributed by atoms with Crippen molar-refractivity contribution in [3.63, 3.8) is 0 Å². The molecule has 11 nitrogen and oxygen atoms in total. The van der Waals surface area contributed by atoms with E-state index >= 15 is 0 Å². The molecule has 0 aromatic heterocycles. The number of primary amides is 1. The highest BCUT2D eigenvalue weighted by atomic mass is 16.5. The van der Waals surface area contributed by atoms with Crippen molar-refractivity contribution in [2.75, 3.05) is 21.2 Å². The number of methoxy groups -OCH3 is 1. The van der Waals surface area contributed by atoms with Crippen molar-refractivity contribution >= 4 is 23.2 Å². The Kier molecular flexibility index (Phi) is 7.28. The molecular formula is C30H34N2O9. The molecule has 0 unspecified atom stereocenters. The second-order valence-electron chi connectivity index (χ2n) is 10.7. The number of ketones is 2. The van der Waals surface area contributed by atoms with E-state index in [-0.39, 0.29) is 18.7 Å². The number of benzene rings is 2. The Hall–Kier alpha value is -4.19. The number of hydrogen-bond acceptors (Lipinski definition) is 10. The molecule has 0 saturated heterocycles. The second-order valence-corrected chi connectivity index (χ2v) is 10.7. The van der Waals surface area contributed by atoms with E-state index in [1.807, 2.05) is 0 Å². The molecule has 0 heterocycles. The average Bonchev–Trinajstić information content (AvgIpc) is 2.90. The topological polar surface area (TPSA) is 191 Å². The standard InChI is InChI=1S/C29H30N2O9.CH4/c1-11-14-9-10-15(12-5-7-13(40-4)8-6-12)22(32)17(14)23(33)18-16(11)24(34)20-21(31(2)3)25(35)19(28(30)38)27(37)29(20,39)26(18)36;/h5-11,16,20-21,24,32-34,37,39H,1-4H3,(H2,30,38);1H4/t11-,16+,20-,21-,24-,29-;/m1./s1. The van der Waals surface area contributed by atoms with Gasteiger partial charge >= 0.3 is 0 Å². The van der Waals surface area contributed by atoms with Gasteiger partial charge in [-0.3, -0.25) is 19.3 Å². The Labute approximate surface area is 236 Å². The lowest BCUT2D eigenvalue weighted by atomic mass is 9.54. The number of aliphatic hydroxyl groups excluding tert-OH is 3. The number of aliphatic hydroxyl groups is 4. The number of likely N-dealkylation sites (N-methyl/N-ethyl adjacent to an activating group) is 1. The number of carbonyl (C=O) groups is 3. The molecule has 218 valence electrons. The first-order valence-electron chi connectivity index (χ1n) is 12.6. The Balaban J connectivity index is 0.00000387. The van der Waals surface area contributed by atoms with Gasteiger partial charge < -0.3 is 36.0 Å². The molecule has 0 aliphatic heterocycles. The molecule has 0 radical (unpaired) electrons. The van der Waals surface area contributed by atoms with E-state index in [0.717, 1.165) is 0 Å². The molecule has 3 aliphatic rings. The van der Waals surface area contributed by atoms with Crippen LogP contribution in [0.2, 0.25) is 0 Å². The van der Waals surface area contributed by atoms with Crippen molar-refractivity contribution in [3.05, 3.63) is 64.4 Å². The van der Waals surface area contributed by atoms with E-state index in [2.05, 4.69) is 0 Å². The highest BCUT2D eigenvalue weighted by Crippen LogP contribution is 2.56. The summed E-state index contributed by atoms with van der Waals surface area (Å²) in [6, 6.07) is 8.72. The molecule has 5 rings (SSSR count). The highest BCUT2D eigenvalue weighted by molar-refractivity contribution is 6.24. The van der Waals surface area contributed by atoms with E-state index in [0.29, 0.717) is 22.4 Å². The summed E-state index contributed by atoms with van der Waals surface area (Å²) in [7, 11) is 4.44. The smallest absolute Gasteiger partial charge is 0.255 e. The van der Waals surface area contributed by atoms with Gasteiger partial charge in [-0.05, 0) is 43.3 Å². The van der Waals surface area contributed by atoms with Crippen LogP contribution >= 0.6 is 0 Å². The zero-order chi connectivity index (χ0) is 29.4. The third-order valence-electron chi connectivity index (χ3n) is 8.53. The Morgan fingerprint density at radius 1 is 1.05 bits per heavy atom. The summed E-state index contributed by atoms with van der Waals surface area (Å²) < 4.78 is 5.18. The average molecular weight is 567 g/mol. The molecule has 1 saturated carbocycles. The SMILES string of the molecule is C.COc1ccc(-c2ccc3c(c2O)C(O)=C2C(=O)[C@@]4(O)C(O)=C(C(N)=O)C(=O)[C@H](N(C)C)[C@@H]4[C@H](O)[C@H]2[C@@H]3C)cc1. The first kappa shape index (κ1) is 29.8. The van der Waals surface area contributed by atoms with Gasteiger partial charge in [0.05, 0.1) is 30.7 Å². The van der Waals surface area contributed by atoms with Crippen LogP contribution in [0.15, 0.2) is 53.3 Å². The lowest BCUT2D eigenvalue weighted by Gasteiger charge is -2.53. The van der Waals surface area contributed by atoms with Gasteiger partial charge in [-0.2, -0.15) is 0 Å². The summed E-state index contributed by atoms with van der Waals surface area (Å²) in [4.78, 5) is 40.8. The lowest BCUT2D eigenvalue weighted by molar-refractivity contribution is -0.169. The van der Waals surface area contributed by atoms with Crippen LogP contribution in [0.25, 0.3) is 16.9 Å². The number of amides is 1. The molecule has 11 heteroatoms. The van der Waals surface area contributed by atoms with Gasteiger partial charge in [-0.1, -0.05) is 38.6 Å². The maximum atomic E-state index is 14.1. The predicted octanol–water partition coefficient (Wildman–Crippen LogP) is 1.81. The van der Waals surface area contributed by atoms with E-state index in [4.69, 9.17) is 10.5 Å². The maximum Gasteiger partial charge on any atom is 0.255 e. The van der Waals surface area contributed by atoms with Crippen molar-refractivity contribution in [1.82, 2.24) is 4.90 Å². The lowest BCUT2D eigenvalue weighted by Crippen LogP contribution is -2.70. The summed E-state index contributed by atoms with van der Waals surface area (Å²) in [5, 5.41) is 57.2. The van der Waals surface area contributed by atoms with Crippen molar-refractivity contribution in [3.8, 4) is 22.6 Å². The van der Waals surface area contributed by atoms with Crippen LogP contribution < -0.4 is 10.5 Å². The number of hydrogen-bond donors (Lipinski definition) is 6. The zero-order valence-electron chi connectivity index (χ0n) is 22.2. The number of aromatic hydroxyl groups is 1. The normalized spacial score (nSPS) is 29.0. The van der Waals surface area contributed by atoms with Gasteiger partial charge in [0.2, 0.25) is 5.78 Å². The third-order valence-corrected chi connectivity index (χ3v) is 8.53.